The van der Waals surface area contributed by atoms with E-state index < -0.39 is 0 Å². The highest BCUT2D eigenvalue weighted by molar-refractivity contribution is 6.07. The fourth-order valence-electron chi connectivity index (χ4n) is 3.09. The third-order valence-electron chi connectivity index (χ3n) is 4.39. The molecule has 1 heterocycles. The standard InChI is InChI=1S/C21H25N3O2/c1-15(2)14-22-21(26)23-18-10-11-19-17(13-18)9-6-12-24(19)20(25)16-7-4-3-5-8-16/h3-5,7-8,10-11,13,15H,6,9,12,14H2,1-2H3,(H2,22,23,26). The Bertz CT molecular complexity index is 787. The lowest BCUT2D eigenvalue weighted by Crippen LogP contribution is -2.35. The van der Waals surface area contributed by atoms with Gasteiger partial charge in [0.25, 0.3) is 5.91 Å². The lowest BCUT2D eigenvalue weighted by atomic mass is 10.00. The van der Waals surface area contributed by atoms with Crippen LogP contribution in [0.5, 0.6) is 0 Å². The Balaban J connectivity index is 1.75. The van der Waals surface area contributed by atoms with E-state index in [0.29, 0.717) is 24.6 Å². The van der Waals surface area contributed by atoms with Crippen LogP contribution in [0.3, 0.4) is 0 Å². The highest BCUT2D eigenvalue weighted by atomic mass is 16.2. The van der Waals surface area contributed by atoms with Crippen molar-refractivity contribution in [3.8, 4) is 0 Å². The van der Waals surface area contributed by atoms with Crippen LogP contribution in [0.15, 0.2) is 48.5 Å². The van der Waals surface area contributed by atoms with Gasteiger partial charge in [0.05, 0.1) is 0 Å². The Morgan fingerprint density at radius 3 is 2.62 bits per heavy atom. The van der Waals surface area contributed by atoms with E-state index in [1.54, 1.807) is 0 Å². The Labute approximate surface area is 154 Å². The summed E-state index contributed by atoms with van der Waals surface area (Å²) < 4.78 is 0. The van der Waals surface area contributed by atoms with Crippen LogP contribution >= 0.6 is 0 Å². The Morgan fingerprint density at radius 1 is 1.12 bits per heavy atom. The van der Waals surface area contributed by atoms with E-state index in [-0.39, 0.29) is 11.9 Å². The molecule has 1 aliphatic rings. The van der Waals surface area contributed by atoms with E-state index in [1.807, 2.05) is 53.4 Å². The second-order valence-corrected chi connectivity index (χ2v) is 7.00. The minimum Gasteiger partial charge on any atom is -0.338 e. The SMILES string of the molecule is CC(C)CNC(=O)Nc1ccc2c(c1)CCCN2C(=O)c1ccccc1. The number of benzene rings is 2. The molecular weight excluding hydrogens is 326 g/mol. The van der Waals surface area contributed by atoms with Gasteiger partial charge in [0.1, 0.15) is 0 Å². The largest absolute Gasteiger partial charge is 0.338 e. The molecule has 1 aliphatic heterocycles. The third kappa shape index (κ3) is 4.23. The summed E-state index contributed by atoms with van der Waals surface area (Å²) >= 11 is 0. The van der Waals surface area contributed by atoms with Crippen LogP contribution in [-0.4, -0.2) is 25.0 Å². The van der Waals surface area contributed by atoms with Crippen molar-refractivity contribution >= 4 is 23.3 Å². The van der Waals surface area contributed by atoms with Crippen molar-refractivity contribution in [2.75, 3.05) is 23.3 Å². The quantitative estimate of drug-likeness (QED) is 0.873. The van der Waals surface area contributed by atoms with E-state index in [0.717, 1.165) is 29.8 Å². The first kappa shape index (κ1) is 18.0. The van der Waals surface area contributed by atoms with Crippen molar-refractivity contribution in [2.24, 2.45) is 5.92 Å². The Kier molecular flexibility index (Phi) is 5.56. The number of urea groups is 1. The van der Waals surface area contributed by atoms with Crippen molar-refractivity contribution < 1.29 is 9.59 Å². The molecule has 0 saturated carbocycles. The van der Waals surface area contributed by atoms with E-state index >= 15 is 0 Å². The van der Waals surface area contributed by atoms with Gasteiger partial charge in [-0.05, 0) is 54.7 Å². The highest BCUT2D eigenvalue weighted by Gasteiger charge is 2.23. The third-order valence-corrected chi connectivity index (χ3v) is 4.39. The van der Waals surface area contributed by atoms with E-state index in [4.69, 9.17) is 0 Å². The number of hydrogen-bond donors (Lipinski definition) is 2. The van der Waals surface area contributed by atoms with Gasteiger partial charge in [-0.2, -0.15) is 0 Å². The minimum atomic E-state index is -0.202. The van der Waals surface area contributed by atoms with Crippen molar-refractivity contribution in [3.63, 3.8) is 0 Å². The zero-order chi connectivity index (χ0) is 18.5. The van der Waals surface area contributed by atoms with Crippen LogP contribution < -0.4 is 15.5 Å². The van der Waals surface area contributed by atoms with Gasteiger partial charge in [0.15, 0.2) is 0 Å². The molecule has 5 heteroatoms. The van der Waals surface area contributed by atoms with Crippen LogP contribution in [0.4, 0.5) is 16.2 Å². The molecule has 0 atom stereocenters. The Morgan fingerprint density at radius 2 is 1.88 bits per heavy atom. The number of anilines is 2. The van der Waals surface area contributed by atoms with Crippen LogP contribution in [0.25, 0.3) is 0 Å². The summed E-state index contributed by atoms with van der Waals surface area (Å²) in [6, 6.07) is 14.9. The smallest absolute Gasteiger partial charge is 0.319 e. The maximum Gasteiger partial charge on any atom is 0.319 e. The fraction of sp³-hybridized carbons (Fsp3) is 0.333. The molecule has 0 fully saturated rings. The molecule has 136 valence electrons. The van der Waals surface area contributed by atoms with E-state index in [9.17, 15) is 9.59 Å². The van der Waals surface area contributed by atoms with Crippen LogP contribution in [0.1, 0.15) is 36.2 Å². The highest BCUT2D eigenvalue weighted by Crippen LogP contribution is 2.30. The number of nitrogens with one attached hydrogen (secondary N) is 2. The number of carbonyl (C=O) groups excluding carboxylic acids is 2. The van der Waals surface area contributed by atoms with Gasteiger partial charge in [-0.15, -0.1) is 0 Å². The summed E-state index contributed by atoms with van der Waals surface area (Å²) in [6.07, 6.45) is 1.81. The molecule has 0 spiro atoms. The fourth-order valence-corrected chi connectivity index (χ4v) is 3.09. The molecule has 3 rings (SSSR count). The molecule has 2 N–H and O–H groups in total. The first-order chi connectivity index (χ1) is 12.5. The molecule has 0 saturated heterocycles. The predicted molar refractivity (Wildman–Crippen MR) is 105 cm³/mol. The van der Waals surface area contributed by atoms with Crippen molar-refractivity contribution in [2.45, 2.75) is 26.7 Å². The maximum absolute atomic E-state index is 12.8. The van der Waals surface area contributed by atoms with Gasteiger partial charge >= 0.3 is 6.03 Å². The topological polar surface area (TPSA) is 61.4 Å². The molecule has 0 aromatic heterocycles. The zero-order valence-corrected chi connectivity index (χ0v) is 15.3. The number of fused-ring (bicyclic) bond motifs is 1. The maximum atomic E-state index is 12.8. The first-order valence-electron chi connectivity index (χ1n) is 9.09. The average Bonchev–Trinajstić information content (AvgIpc) is 2.66. The van der Waals surface area contributed by atoms with Crippen LogP contribution in [0.2, 0.25) is 0 Å². The number of hydrogen-bond acceptors (Lipinski definition) is 2. The molecule has 0 unspecified atom stereocenters. The molecule has 0 radical (unpaired) electrons. The number of nitrogens with zero attached hydrogens (tertiary/aromatic N) is 1. The summed E-state index contributed by atoms with van der Waals surface area (Å²) in [5.74, 6) is 0.420. The molecule has 26 heavy (non-hydrogen) atoms. The van der Waals surface area contributed by atoms with E-state index in [2.05, 4.69) is 24.5 Å². The monoisotopic (exact) mass is 351 g/mol. The summed E-state index contributed by atoms with van der Waals surface area (Å²) in [5, 5.41) is 5.71. The second kappa shape index (κ2) is 8.04. The average molecular weight is 351 g/mol. The molecule has 0 aliphatic carbocycles. The minimum absolute atomic E-state index is 0.0157. The summed E-state index contributed by atoms with van der Waals surface area (Å²) in [6.45, 7) is 5.45. The Hall–Kier alpha value is -2.82. The first-order valence-corrected chi connectivity index (χ1v) is 9.09. The lowest BCUT2D eigenvalue weighted by molar-refractivity contribution is 0.0985. The normalized spacial score (nSPS) is 13.3. The van der Waals surface area contributed by atoms with Crippen molar-refractivity contribution in [1.82, 2.24) is 5.32 Å². The molecule has 0 bridgehead atoms. The molecule has 5 nitrogen and oxygen atoms in total. The summed E-state index contributed by atoms with van der Waals surface area (Å²) in [7, 11) is 0. The van der Waals surface area contributed by atoms with Gasteiger partial charge in [-0.1, -0.05) is 32.0 Å². The van der Waals surface area contributed by atoms with Crippen LogP contribution in [0, 0.1) is 5.92 Å². The number of rotatable bonds is 4. The predicted octanol–water partition coefficient (Wildman–Crippen LogP) is 4.06. The van der Waals surface area contributed by atoms with Gasteiger partial charge in [-0.3, -0.25) is 4.79 Å². The second-order valence-electron chi connectivity index (χ2n) is 7.00. The molecule has 2 aromatic carbocycles. The van der Waals surface area contributed by atoms with Crippen molar-refractivity contribution in [3.05, 3.63) is 59.7 Å². The summed E-state index contributed by atoms with van der Waals surface area (Å²) in [5.41, 5.74) is 3.45. The van der Waals surface area contributed by atoms with Crippen LogP contribution in [-0.2, 0) is 6.42 Å². The molecule has 2 aromatic rings. The number of carbonyl (C=O) groups is 2. The zero-order valence-electron chi connectivity index (χ0n) is 15.3. The van der Waals surface area contributed by atoms with Gasteiger partial charge < -0.3 is 15.5 Å². The van der Waals surface area contributed by atoms with Gasteiger partial charge in [-0.25, -0.2) is 4.79 Å². The summed E-state index contributed by atoms with van der Waals surface area (Å²) in [4.78, 5) is 26.6. The van der Waals surface area contributed by atoms with E-state index in [1.165, 1.54) is 0 Å². The van der Waals surface area contributed by atoms with Gasteiger partial charge in [0, 0.05) is 30.0 Å². The van der Waals surface area contributed by atoms with Gasteiger partial charge in [0.2, 0.25) is 0 Å². The molecular formula is C21H25N3O2. The lowest BCUT2D eigenvalue weighted by Gasteiger charge is -2.30. The number of amides is 3. The molecule has 3 amide bonds. The van der Waals surface area contributed by atoms with Crippen molar-refractivity contribution in [1.29, 1.82) is 0 Å². The number of aryl methyl sites for hydroxylation is 1.